The van der Waals surface area contributed by atoms with E-state index >= 15 is 0 Å². The standard InChI is InChI=1S/C20H28FN5OS.HI/c1-14-19(28-15(2)25-14)13-24-20(22-3)23-12-18(26-7-9-27-10-8-26)16-5-4-6-17(21)11-16;/h4-6,11,18H,7-10,12-13H2,1-3H3,(H2,22,23,24);1H. The number of hydrogen-bond acceptors (Lipinski definition) is 5. The zero-order valence-electron chi connectivity index (χ0n) is 17.1. The van der Waals surface area contributed by atoms with E-state index in [1.807, 2.05) is 19.9 Å². The Morgan fingerprint density at radius 3 is 2.69 bits per heavy atom. The molecule has 2 N–H and O–H groups in total. The second-order valence-electron chi connectivity index (χ2n) is 6.77. The number of hydrogen-bond donors (Lipinski definition) is 2. The summed E-state index contributed by atoms with van der Waals surface area (Å²) in [4.78, 5) is 12.3. The van der Waals surface area contributed by atoms with Crippen molar-refractivity contribution in [2.75, 3.05) is 39.9 Å². The lowest BCUT2D eigenvalue weighted by molar-refractivity contribution is 0.0169. The van der Waals surface area contributed by atoms with Gasteiger partial charge in [0, 0.05) is 31.6 Å². The van der Waals surface area contributed by atoms with Crippen molar-refractivity contribution in [2.24, 2.45) is 4.99 Å². The molecule has 1 aliphatic rings. The molecule has 1 fully saturated rings. The summed E-state index contributed by atoms with van der Waals surface area (Å²) in [7, 11) is 1.76. The smallest absolute Gasteiger partial charge is 0.191 e. The summed E-state index contributed by atoms with van der Waals surface area (Å²) in [5.74, 6) is 0.509. The van der Waals surface area contributed by atoms with Gasteiger partial charge in [-0.2, -0.15) is 0 Å². The molecule has 6 nitrogen and oxygen atoms in total. The third-order valence-corrected chi connectivity index (χ3v) is 5.90. The fourth-order valence-corrected chi connectivity index (χ4v) is 4.25. The van der Waals surface area contributed by atoms with Crippen LogP contribution in [0.2, 0.25) is 0 Å². The minimum absolute atomic E-state index is 0. The zero-order chi connectivity index (χ0) is 19.9. The van der Waals surface area contributed by atoms with Gasteiger partial charge in [-0.3, -0.25) is 9.89 Å². The maximum Gasteiger partial charge on any atom is 0.191 e. The summed E-state index contributed by atoms with van der Waals surface area (Å²) in [6.07, 6.45) is 0. The predicted octanol–water partition coefficient (Wildman–Crippen LogP) is 3.26. The number of guanidine groups is 1. The number of morpholine rings is 1. The van der Waals surface area contributed by atoms with E-state index in [-0.39, 0.29) is 35.8 Å². The van der Waals surface area contributed by atoms with Crippen molar-refractivity contribution < 1.29 is 9.13 Å². The van der Waals surface area contributed by atoms with Gasteiger partial charge in [0.1, 0.15) is 5.82 Å². The van der Waals surface area contributed by atoms with Crippen LogP contribution in [0.25, 0.3) is 0 Å². The van der Waals surface area contributed by atoms with E-state index in [1.54, 1.807) is 30.5 Å². The Kier molecular flexibility index (Phi) is 9.73. The SMILES string of the molecule is CN=C(NCc1sc(C)nc1C)NCC(c1cccc(F)c1)N1CCOCC1.I. The monoisotopic (exact) mass is 533 g/mol. The second kappa shape index (κ2) is 11.8. The largest absolute Gasteiger partial charge is 0.379 e. The van der Waals surface area contributed by atoms with Gasteiger partial charge < -0.3 is 15.4 Å². The number of benzene rings is 1. The highest BCUT2D eigenvalue weighted by atomic mass is 127. The number of halogens is 2. The molecule has 29 heavy (non-hydrogen) atoms. The minimum Gasteiger partial charge on any atom is -0.379 e. The topological polar surface area (TPSA) is 61.8 Å². The van der Waals surface area contributed by atoms with E-state index in [4.69, 9.17) is 4.74 Å². The van der Waals surface area contributed by atoms with Crippen LogP contribution >= 0.6 is 35.3 Å². The molecule has 9 heteroatoms. The highest BCUT2D eigenvalue weighted by Gasteiger charge is 2.23. The van der Waals surface area contributed by atoms with Crippen molar-refractivity contribution in [3.05, 3.63) is 51.2 Å². The summed E-state index contributed by atoms with van der Waals surface area (Å²) >= 11 is 1.69. The first kappa shape index (κ1) is 24.0. The van der Waals surface area contributed by atoms with Crippen LogP contribution in [-0.4, -0.2) is 55.7 Å². The maximum atomic E-state index is 13.8. The average molecular weight is 533 g/mol. The first-order valence-electron chi connectivity index (χ1n) is 9.51. The molecule has 1 saturated heterocycles. The van der Waals surface area contributed by atoms with E-state index in [0.29, 0.717) is 26.3 Å². The molecule has 0 saturated carbocycles. The van der Waals surface area contributed by atoms with E-state index in [2.05, 4.69) is 25.5 Å². The van der Waals surface area contributed by atoms with Gasteiger partial charge in [0.2, 0.25) is 0 Å². The molecule has 1 aromatic heterocycles. The van der Waals surface area contributed by atoms with Crippen LogP contribution in [0.5, 0.6) is 0 Å². The molecule has 2 heterocycles. The first-order chi connectivity index (χ1) is 13.6. The molecule has 160 valence electrons. The molecular formula is C20H29FIN5OS. The number of rotatable bonds is 6. The number of aliphatic imine (C=N–C) groups is 1. The number of thiazole rings is 1. The van der Waals surface area contributed by atoms with Crippen LogP contribution in [0, 0.1) is 19.7 Å². The third kappa shape index (κ3) is 6.87. The van der Waals surface area contributed by atoms with Crippen LogP contribution in [0.15, 0.2) is 29.3 Å². The van der Waals surface area contributed by atoms with Gasteiger partial charge in [-0.15, -0.1) is 35.3 Å². The summed E-state index contributed by atoms with van der Waals surface area (Å²) in [5.41, 5.74) is 2.01. The van der Waals surface area contributed by atoms with Gasteiger partial charge in [0.25, 0.3) is 0 Å². The Balaban J connectivity index is 0.00000300. The van der Waals surface area contributed by atoms with E-state index in [1.165, 1.54) is 10.9 Å². The molecule has 1 unspecified atom stereocenters. The summed E-state index contributed by atoms with van der Waals surface area (Å²) in [6, 6.07) is 6.88. The van der Waals surface area contributed by atoms with Crippen molar-refractivity contribution in [3.63, 3.8) is 0 Å². The minimum atomic E-state index is -0.214. The lowest BCUT2D eigenvalue weighted by Gasteiger charge is -2.35. The van der Waals surface area contributed by atoms with Gasteiger partial charge in [-0.1, -0.05) is 12.1 Å². The summed E-state index contributed by atoms with van der Waals surface area (Å²) < 4.78 is 19.3. The Bertz CT molecular complexity index is 810. The Hall–Kier alpha value is -1.30. The van der Waals surface area contributed by atoms with Gasteiger partial charge in [0.05, 0.1) is 36.5 Å². The lowest BCUT2D eigenvalue weighted by Crippen LogP contribution is -2.46. The number of nitrogens with zero attached hydrogens (tertiary/aromatic N) is 3. The Morgan fingerprint density at radius 1 is 1.31 bits per heavy atom. The predicted molar refractivity (Wildman–Crippen MR) is 127 cm³/mol. The summed E-state index contributed by atoms with van der Waals surface area (Å²) in [6.45, 7) is 8.40. The maximum absolute atomic E-state index is 13.8. The van der Waals surface area contributed by atoms with Gasteiger partial charge in [-0.05, 0) is 31.5 Å². The molecule has 0 aliphatic carbocycles. The quantitative estimate of drug-likeness (QED) is 0.339. The third-order valence-electron chi connectivity index (χ3n) is 4.82. The molecule has 1 aliphatic heterocycles. The zero-order valence-corrected chi connectivity index (χ0v) is 20.2. The number of ether oxygens (including phenoxy) is 1. The number of aromatic nitrogens is 1. The van der Waals surface area contributed by atoms with Crippen molar-refractivity contribution in [2.45, 2.75) is 26.4 Å². The van der Waals surface area contributed by atoms with Gasteiger partial charge in [0.15, 0.2) is 5.96 Å². The fourth-order valence-electron chi connectivity index (χ4n) is 3.38. The van der Waals surface area contributed by atoms with E-state index in [0.717, 1.165) is 35.3 Å². The van der Waals surface area contributed by atoms with Gasteiger partial charge in [-0.25, -0.2) is 9.37 Å². The molecule has 0 amide bonds. The Morgan fingerprint density at radius 2 is 2.07 bits per heavy atom. The highest BCUT2D eigenvalue weighted by molar-refractivity contribution is 14.0. The molecule has 2 aromatic rings. The molecule has 0 bridgehead atoms. The lowest BCUT2D eigenvalue weighted by atomic mass is 10.0. The van der Waals surface area contributed by atoms with Crippen LogP contribution in [0.1, 0.15) is 27.2 Å². The molecule has 0 spiro atoms. The van der Waals surface area contributed by atoms with Gasteiger partial charge >= 0.3 is 0 Å². The van der Waals surface area contributed by atoms with Crippen LogP contribution in [0.3, 0.4) is 0 Å². The van der Waals surface area contributed by atoms with Crippen molar-refractivity contribution in [1.29, 1.82) is 0 Å². The number of nitrogens with one attached hydrogen (secondary N) is 2. The highest BCUT2D eigenvalue weighted by Crippen LogP contribution is 2.22. The average Bonchev–Trinajstić information content (AvgIpc) is 3.02. The van der Waals surface area contributed by atoms with Crippen LogP contribution in [0.4, 0.5) is 4.39 Å². The fraction of sp³-hybridized carbons (Fsp3) is 0.500. The van der Waals surface area contributed by atoms with E-state index in [9.17, 15) is 4.39 Å². The molecule has 3 rings (SSSR count). The first-order valence-corrected chi connectivity index (χ1v) is 10.3. The molecular weight excluding hydrogens is 504 g/mol. The van der Waals surface area contributed by atoms with E-state index < -0.39 is 0 Å². The molecule has 1 aromatic carbocycles. The Labute approximate surface area is 193 Å². The second-order valence-corrected chi connectivity index (χ2v) is 8.06. The van der Waals surface area contributed by atoms with Crippen molar-refractivity contribution in [3.8, 4) is 0 Å². The summed E-state index contributed by atoms with van der Waals surface area (Å²) in [5, 5.41) is 7.82. The van der Waals surface area contributed by atoms with Crippen molar-refractivity contribution in [1.82, 2.24) is 20.5 Å². The van der Waals surface area contributed by atoms with Crippen molar-refractivity contribution >= 4 is 41.3 Å². The molecule has 0 radical (unpaired) electrons. The normalized spacial score (nSPS) is 16.2. The van der Waals surface area contributed by atoms with Crippen LogP contribution < -0.4 is 10.6 Å². The molecule has 1 atom stereocenters. The van der Waals surface area contributed by atoms with Crippen LogP contribution in [-0.2, 0) is 11.3 Å². The number of aryl methyl sites for hydroxylation is 2.